The molecule has 10 nitrogen and oxygen atoms in total. The molecule has 0 unspecified atom stereocenters. The highest BCUT2D eigenvalue weighted by atomic mass is 16.5. The standard InChI is InChI=1S/C107H130N4O6/c1-5-9-13-17-21-25-29-33-37-41-76-114-97-50-46-51-98(115-77-42-38-34-30-26-22-18-14-10-6-2)105(97)103-93-72-68-89(108-93)87(65-56-80-54-57-85(58-55-80)107(112)113)90-69-73-94(109-90)104(106-99(116-78-43-39-35-31-27-23-19-15-11-7-3)52-47-53-100(106)117-79-44-40-36-32-28-24-20-16-12-8-4)96-75-71-92(111-96)88(91-70-74-95(103)110-91)67-63-81-59-60-84-62-61-82-48-45-49-83-64-66-86(81)102(84)101(82)83/h45-55,57-62,64,66,68-75,108,111H,5-44,76-79H2,1-4H3,(H,112,113). The molecule has 7 aromatic carbocycles. The van der Waals surface area contributed by atoms with Crippen LogP contribution in [0.25, 0.3) is 101 Å². The number of nitrogens with one attached hydrogen (secondary N) is 2. The van der Waals surface area contributed by atoms with Gasteiger partial charge in [-0.05, 0) is 161 Å². The number of hydrogen-bond donors (Lipinski definition) is 3. The van der Waals surface area contributed by atoms with Crippen molar-refractivity contribution >= 4 is 84.7 Å². The van der Waals surface area contributed by atoms with Crippen LogP contribution in [0.2, 0.25) is 0 Å². The summed E-state index contributed by atoms with van der Waals surface area (Å²) in [7, 11) is 0. The van der Waals surface area contributed by atoms with Crippen LogP contribution in [0.1, 0.15) is 340 Å². The Morgan fingerprint density at radius 2 is 0.624 bits per heavy atom. The van der Waals surface area contributed by atoms with Crippen LogP contribution in [-0.4, -0.2) is 57.4 Å². The number of H-pyrrole nitrogens is 2. The van der Waals surface area contributed by atoms with Crippen molar-refractivity contribution in [2.24, 2.45) is 0 Å². The van der Waals surface area contributed by atoms with Gasteiger partial charge in [-0.15, -0.1) is 0 Å². The fourth-order valence-electron chi connectivity index (χ4n) is 16.9. The average Bonchev–Trinajstić information content (AvgIpc) is 0.941. The summed E-state index contributed by atoms with van der Waals surface area (Å²) in [6.07, 6.45) is 57.5. The number of fused-ring (bicyclic) bond motifs is 8. The molecule has 3 aromatic heterocycles. The van der Waals surface area contributed by atoms with Crippen molar-refractivity contribution in [1.82, 2.24) is 19.9 Å². The van der Waals surface area contributed by atoms with E-state index in [4.69, 9.17) is 28.9 Å². The number of ether oxygens (including phenoxy) is 4. The summed E-state index contributed by atoms with van der Waals surface area (Å²) in [5.41, 5.74) is 12.2. The second-order valence-electron chi connectivity index (χ2n) is 32.7. The SMILES string of the molecule is CCCCCCCCCCCCOc1cccc(OCCCCCCCCCCCC)c1-c1c2nc(c(C#Cc3ccc4ccc5cccc6ccc3c4c56)c3ccc([nH]3)c(-c3c(OCCCCCCCCCCCC)cccc3OCCCCCCCCCCCC)c3nc(c(C#Cc4ccc(C(=O)O)cc4)c4ccc1[nH]4)C=C3)C=C2. The zero-order valence-electron chi connectivity index (χ0n) is 71.1. The number of carbonyl (C=O) groups is 1. The number of carboxylic acids is 1. The second-order valence-corrected chi connectivity index (χ2v) is 32.7. The van der Waals surface area contributed by atoms with Crippen LogP contribution in [0, 0.1) is 23.7 Å². The molecule has 0 saturated heterocycles. The van der Waals surface area contributed by atoms with Crippen molar-refractivity contribution in [3.8, 4) is 68.9 Å². The summed E-state index contributed by atoms with van der Waals surface area (Å²) in [5.74, 6) is 16.6. The van der Waals surface area contributed by atoms with Gasteiger partial charge in [-0.2, -0.15) is 0 Å². The lowest BCUT2D eigenvalue weighted by atomic mass is 9.92. The molecule has 2 aliphatic rings. The molecule has 10 aromatic rings. The van der Waals surface area contributed by atoms with Crippen LogP contribution in [0.5, 0.6) is 23.0 Å². The zero-order valence-corrected chi connectivity index (χ0v) is 71.1. The van der Waals surface area contributed by atoms with Gasteiger partial charge in [0, 0.05) is 33.3 Å². The molecule has 117 heavy (non-hydrogen) atoms. The monoisotopic (exact) mass is 1570 g/mol. The van der Waals surface area contributed by atoms with E-state index in [9.17, 15) is 9.90 Å². The Hall–Kier alpha value is -10.0. The fraction of sp³-hybridized carbons (Fsp3) is 0.449. The Labute approximate surface area is 699 Å². The van der Waals surface area contributed by atoms with E-state index >= 15 is 0 Å². The molecule has 0 amide bonds. The molecule has 5 heterocycles. The summed E-state index contributed by atoms with van der Waals surface area (Å²) >= 11 is 0. The lowest BCUT2D eigenvalue weighted by molar-refractivity contribution is 0.0696. The van der Waals surface area contributed by atoms with E-state index < -0.39 is 5.97 Å². The third-order valence-electron chi connectivity index (χ3n) is 23.6. The number of carboxylic acid groups (broad SMARTS) is 1. The summed E-state index contributed by atoms with van der Waals surface area (Å²) < 4.78 is 28.4. The minimum Gasteiger partial charge on any atom is -0.493 e. The molecule has 0 fully saturated rings. The fourth-order valence-corrected chi connectivity index (χ4v) is 16.9. The van der Waals surface area contributed by atoms with Crippen molar-refractivity contribution < 1.29 is 28.8 Å². The van der Waals surface area contributed by atoms with Gasteiger partial charge in [-0.25, -0.2) is 14.8 Å². The molecule has 0 saturated carbocycles. The van der Waals surface area contributed by atoms with E-state index in [1.807, 2.05) is 0 Å². The molecule has 0 atom stereocenters. The maximum Gasteiger partial charge on any atom is 0.335 e. The highest BCUT2D eigenvalue weighted by molar-refractivity contribution is 6.24. The lowest BCUT2D eigenvalue weighted by Crippen LogP contribution is -2.04. The zero-order chi connectivity index (χ0) is 80.9. The summed E-state index contributed by atoms with van der Waals surface area (Å²) in [6.45, 7) is 11.3. The quantitative estimate of drug-likeness (QED) is 0.0195. The second kappa shape index (κ2) is 47.4. The molecule has 12 rings (SSSR count). The van der Waals surface area contributed by atoms with Crippen LogP contribution in [0.3, 0.4) is 0 Å². The topological polar surface area (TPSA) is 132 Å². The van der Waals surface area contributed by atoms with Gasteiger partial charge < -0.3 is 34.0 Å². The van der Waals surface area contributed by atoms with Crippen molar-refractivity contribution in [3.05, 3.63) is 190 Å². The van der Waals surface area contributed by atoms with Gasteiger partial charge in [0.2, 0.25) is 0 Å². The van der Waals surface area contributed by atoms with E-state index in [-0.39, 0.29) is 5.56 Å². The molecule has 0 radical (unpaired) electrons. The summed E-state index contributed by atoms with van der Waals surface area (Å²) in [4.78, 5) is 31.7. The Morgan fingerprint density at radius 3 is 1.00 bits per heavy atom. The Morgan fingerprint density at radius 1 is 0.308 bits per heavy atom. The van der Waals surface area contributed by atoms with Gasteiger partial charge >= 0.3 is 5.97 Å². The smallest absolute Gasteiger partial charge is 0.335 e. The molecule has 0 aliphatic carbocycles. The normalized spacial score (nSPS) is 11.8. The van der Waals surface area contributed by atoms with E-state index in [1.54, 1.807) is 24.3 Å². The lowest BCUT2D eigenvalue weighted by Gasteiger charge is -2.18. The first kappa shape index (κ1) is 86.3. The number of nitrogens with zero attached hydrogens (tertiary/aromatic N) is 2. The number of aromatic carboxylic acids is 1. The van der Waals surface area contributed by atoms with E-state index in [1.165, 1.54) is 232 Å². The van der Waals surface area contributed by atoms with Crippen molar-refractivity contribution in [1.29, 1.82) is 0 Å². The predicted octanol–water partition coefficient (Wildman–Crippen LogP) is 30.6. The average molecular weight is 1570 g/mol. The molecular formula is C107H130N4O6. The molecule has 8 bridgehead atoms. The first-order valence-corrected chi connectivity index (χ1v) is 45.8. The maximum absolute atomic E-state index is 12.2. The minimum absolute atomic E-state index is 0.192. The molecule has 10 heteroatoms. The van der Waals surface area contributed by atoms with Crippen molar-refractivity contribution in [2.45, 2.75) is 285 Å². The first-order chi connectivity index (χ1) is 57.8. The van der Waals surface area contributed by atoms with Crippen LogP contribution >= 0.6 is 0 Å². The van der Waals surface area contributed by atoms with E-state index in [0.717, 1.165) is 135 Å². The molecule has 614 valence electrons. The van der Waals surface area contributed by atoms with E-state index in [2.05, 4.69) is 201 Å². The third kappa shape index (κ3) is 24.8. The predicted molar refractivity (Wildman–Crippen MR) is 495 cm³/mol. The van der Waals surface area contributed by atoms with Gasteiger partial charge in [0.25, 0.3) is 0 Å². The van der Waals surface area contributed by atoms with Crippen LogP contribution in [-0.2, 0) is 0 Å². The molecule has 2 aliphatic heterocycles. The molecule has 3 N–H and O–H groups in total. The number of rotatable bonds is 51. The number of hydrogen-bond acceptors (Lipinski definition) is 7. The maximum atomic E-state index is 12.2. The molecule has 0 spiro atoms. The van der Waals surface area contributed by atoms with Crippen LogP contribution in [0.4, 0.5) is 0 Å². The van der Waals surface area contributed by atoms with Gasteiger partial charge in [-0.3, -0.25) is 0 Å². The summed E-state index contributed by atoms with van der Waals surface area (Å²) in [6, 6.07) is 47.7. The highest BCUT2D eigenvalue weighted by Gasteiger charge is 2.25. The largest absolute Gasteiger partial charge is 0.493 e. The first-order valence-electron chi connectivity index (χ1n) is 45.8. The summed E-state index contributed by atoms with van der Waals surface area (Å²) in [5, 5.41) is 17.1. The van der Waals surface area contributed by atoms with E-state index in [0.29, 0.717) is 60.3 Å². The Bertz CT molecular complexity index is 4960. The third-order valence-corrected chi connectivity index (χ3v) is 23.6. The van der Waals surface area contributed by atoms with Crippen LogP contribution < -0.4 is 18.9 Å². The number of benzene rings is 7. The number of aromatic amines is 2. The minimum atomic E-state index is -0.994. The van der Waals surface area contributed by atoms with Gasteiger partial charge in [0.05, 0.1) is 88.1 Å². The molecular weight excluding hydrogens is 1440 g/mol. The van der Waals surface area contributed by atoms with Gasteiger partial charge in [0.1, 0.15) is 23.0 Å². The van der Waals surface area contributed by atoms with Crippen molar-refractivity contribution in [2.75, 3.05) is 26.4 Å². The van der Waals surface area contributed by atoms with Crippen LogP contribution in [0.15, 0.2) is 140 Å². The highest BCUT2D eigenvalue weighted by Crippen LogP contribution is 2.46. The van der Waals surface area contributed by atoms with Gasteiger partial charge in [0.15, 0.2) is 0 Å². The Kier molecular flexibility index (Phi) is 35.0. The number of aromatic nitrogens is 4. The van der Waals surface area contributed by atoms with Gasteiger partial charge in [-0.1, -0.05) is 343 Å². The number of unbranched alkanes of at least 4 members (excludes halogenated alkanes) is 36. The Balaban J connectivity index is 1.04. The van der Waals surface area contributed by atoms with Crippen molar-refractivity contribution in [3.63, 3.8) is 0 Å².